The number of halogens is 1. The molecule has 0 saturated heterocycles. The van der Waals surface area contributed by atoms with Crippen molar-refractivity contribution in [2.45, 2.75) is 39.7 Å². The lowest BCUT2D eigenvalue weighted by molar-refractivity contribution is 0.726. The summed E-state index contributed by atoms with van der Waals surface area (Å²) in [6.45, 7) is 8.62. The normalized spacial score (nSPS) is 12.5. The molecule has 0 aromatic heterocycles. The highest BCUT2D eigenvalue weighted by atomic mass is 79.9. The predicted octanol–water partition coefficient (Wildman–Crippen LogP) is 3.58. The maximum Gasteiger partial charge on any atom is 0.0400 e. The van der Waals surface area contributed by atoms with E-state index in [0.717, 1.165) is 24.0 Å². The van der Waals surface area contributed by atoms with Gasteiger partial charge in [0.05, 0.1) is 0 Å². The van der Waals surface area contributed by atoms with Crippen molar-refractivity contribution in [1.82, 2.24) is 0 Å². The number of hydrogen-bond donors (Lipinski definition) is 1. The Morgan fingerprint density at radius 3 is 2.59 bits per heavy atom. The van der Waals surface area contributed by atoms with Crippen LogP contribution in [0.5, 0.6) is 0 Å². The molecule has 0 aliphatic carbocycles. The standard InChI is InChI=1S/C14H23BrN2/c1-4-8-17(5-2)14-7-6-13(15)10-12(14)9-11(3)16/h6-7,10-11H,4-5,8-9,16H2,1-3H3. The quantitative estimate of drug-likeness (QED) is 0.870. The van der Waals surface area contributed by atoms with E-state index in [2.05, 4.69) is 59.8 Å². The highest BCUT2D eigenvalue weighted by Crippen LogP contribution is 2.25. The molecule has 0 saturated carbocycles. The third-order valence-electron chi connectivity index (χ3n) is 2.80. The summed E-state index contributed by atoms with van der Waals surface area (Å²) in [6, 6.07) is 6.69. The highest BCUT2D eigenvalue weighted by molar-refractivity contribution is 9.10. The molecule has 0 radical (unpaired) electrons. The largest absolute Gasteiger partial charge is 0.372 e. The third kappa shape index (κ3) is 4.32. The Labute approximate surface area is 113 Å². The van der Waals surface area contributed by atoms with E-state index in [-0.39, 0.29) is 6.04 Å². The highest BCUT2D eigenvalue weighted by Gasteiger charge is 2.10. The summed E-state index contributed by atoms with van der Waals surface area (Å²) in [5.74, 6) is 0. The van der Waals surface area contributed by atoms with Gasteiger partial charge in [0, 0.05) is 29.3 Å². The first kappa shape index (κ1) is 14.5. The van der Waals surface area contributed by atoms with Crippen molar-refractivity contribution in [3.8, 4) is 0 Å². The van der Waals surface area contributed by atoms with Crippen LogP contribution < -0.4 is 10.6 Å². The lowest BCUT2D eigenvalue weighted by Gasteiger charge is -2.26. The molecule has 0 spiro atoms. The first-order valence-electron chi connectivity index (χ1n) is 6.37. The maximum atomic E-state index is 5.93. The number of anilines is 1. The molecule has 2 N–H and O–H groups in total. The summed E-state index contributed by atoms with van der Waals surface area (Å²) >= 11 is 3.54. The maximum absolute atomic E-state index is 5.93. The fourth-order valence-corrected chi connectivity index (χ4v) is 2.50. The van der Waals surface area contributed by atoms with Crippen molar-refractivity contribution in [3.05, 3.63) is 28.2 Å². The zero-order valence-electron chi connectivity index (χ0n) is 11.0. The fourth-order valence-electron chi connectivity index (χ4n) is 2.09. The van der Waals surface area contributed by atoms with Crippen LogP contribution in [0.25, 0.3) is 0 Å². The number of rotatable bonds is 6. The Balaban J connectivity index is 3.02. The van der Waals surface area contributed by atoms with Crippen molar-refractivity contribution < 1.29 is 0 Å². The van der Waals surface area contributed by atoms with Gasteiger partial charge in [0.2, 0.25) is 0 Å². The number of nitrogens with zero attached hydrogens (tertiary/aromatic N) is 1. The molecule has 2 nitrogen and oxygen atoms in total. The summed E-state index contributed by atoms with van der Waals surface area (Å²) in [6.07, 6.45) is 2.09. The molecule has 0 aliphatic heterocycles. The van der Waals surface area contributed by atoms with Gasteiger partial charge in [-0.1, -0.05) is 22.9 Å². The second-order valence-electron chi connectivity index (χ2n) is 4.53. The van der Waals surface area contributed by atoms with Crippen LogP contribution in [-0.4, -0.2) is 19.1 Å². The minimum Gasteiger partial charge on any atom is -0.372 e. The lowest BCUT2D eigenvalue weighted by atomic mass is 10.0. The number of nitrogens with two attached hydrogens (primary N) is 1. The summed E-state index contributed by atoms with van der Waals surface area (Å²) in [5, 5.41) is 0. The van der Waals surface area contributed by atoms with Gasteiger partial charge in [-0.25, -0.2) is 0 Å². The first-order valence-corrected chi connectivity index (χ1v) is 7.16. The van der Waals surface area contributed by atoms with Crippen LogP contribution in [0.15, 0.2) is 22.7 Å². The average Bonchev–Trinajstić information content (AvgIpc) is 2.26. The zero-order valence-corrected chi connectivity index (χ0v) is 12.6. The molecule has 0 aliphatic rings. The Kier molecular flexibility index (Phi) is 6.00. The molecular weight excluding hydrogens is 276 g/mol. The summed E-state index contributed by atoms with van der Waals surface area (Å²) < 4.78 is 1.13. The topological polar surface area (TPSA) is 29.3 Å². The summed E-state index contributed by atoms with van der Waals surface area (Å²) in [7, 11) is 0. The molecule has 1 unspecified atom stereocenters. The second kappa shape index (κ2) is 7.02. The van der Waals surface area contributed by atoms with E-state index in [9.17, 15) is 0 Å². The van der Waals surface area contributed by atoms with E-state index in [1.54, 1.807) is 0 Å². The van der Waals surface area contributed by atoms with Crippen molar-refractivity contribution >= 4 is 21.6 Å². The smallest absolute Gasteiger partial charge is 0.0400 e. The van der Waals surface area contributed by atoms with Crippen LogP contribution in [0, 0.1) is 0 Å². The van der Waals surface area contributed by atoms with Crippen molar-refractivity contribution in [2.24, 2.45) is 5.73 Å². The number of benzene rings is 1. The van der Waals surface area contributed by atoms with E-state index < -0.39 is 0 Å². The fraction of sp³-hybridized carbons (Fsp3) is 0.571. The Bertz CT molecular complexity index is 350. The summed E-state index contributed by atoms with van der Waals surface area (Å²) in [5.41, 5.74) is 8.59. The molecule has 0 amide bonds. The van der Waals surface area contributed by atoms with E-state index in [1.165, 1.54) is 17.7 Å². The molecule has 0 fully saturated rings. The van der Waals surface area contributed by atoms with Gasteiger partial charge in [-0.3, -0.25) is 0 Å². The predicted molar refractivity (Wildman–Crippen MR) is 79.7 cm³/mol. The SMILES string of the molecule is CCCN(CC)c1ccc(Br)cc1CC(C)N. The van der Waals surface area contributed by atoms with Crippen LogP contribution in [0.4, 0.5) is 5.69 Å². The van der Waals surface area contributed by atoms with Gasteiger partial charge < -0.3 is 10.6 Å². The molecule has 17 heavy (non-hydrogen) atoms. The zero-order chi connectivity index (χ0) is 12.8. The molecular formula is C14H23BrN2. The Morgan fingerprint density at radius 2 is 2.06 bits per heavy atom. The molecule has 96 valence electrons. The molecule has 3 heteroatoms. The Hall–Kier alpha value is -0.540. The Morgan fingerprint density at radius 1 is 1.35 bits per heavy atom. The second-order valence-corrected chi connectivity index (χ2v) is 5.45. The molecule has 1 rings (SSSR count). The van der Waals surface area contributed by atoms with E-state index >= 15 is 0 Å². The van der Waals surface area contributed by atoms with Crippen LogP contribution in [0.1, 0.15) is 32.8 Å². The van der Waals surface area contributed by atoms with Gasteiger partial charge in [-0.2, -0.15) is 0 Å². The van der Waals surface area contributed by atoms with Crippen molar-refractivity contribution in [2.75, 3.05) is 18.0 Å². The molecule has 1 aromatic rings. The van der Waals surface area contributed by atoms with Gasteiger partial charge in [0.15, 0.2) is 0 Å². The molecule has 0 heterocycles. The lowest BCUT2D eigenvalue weighted by Crippen LogP contribution is -2.26. The monoisotopic (exact) mass is 298 g/mol. The van der Waals surface area contributed by atoms with Gasteiger partial charge in [-0.05, 0) is 50.5 Å². The van der Waals surface area contributed by atoms with Gasteiger partial charge >= 0.3 is 0 Å². The van der Waals surface area contributed by atoms with Crippen LogP contribution in [0.3, 0.4) is 0 Å². The van der Waals surface area contributed by atoms with Crippen LogP contribution in [-0.2, 0) is 6.42 Å². The minimum atomic E-state index is 0.198. The van der Waals surface area contributed by atoms with Gasteiger partial charge in [0.25, 0.3) is 0 Å². The van der Waals surface area contributed by atoms with Crippen LogP contribution >= 0.6 is 15.9 Å². The van der Waals surface area contributed by atoms with E-state index in [4.69, 9.17) is 5.73 Å². The summed E-state index contributed by atoms with van der Waals surface area (Å²) in [4.78, 5) is 2.42. The molecule has 1 atom stereocenters. The first-order chi connectivity index (χ1) is 8.08. The van der Waals surface area contributed by atoms with Crippen molar-refractivity contribution in [1.29, 1.82) is 0 Å². The molecule has 1 aromatic carbocycles. The number of hydrogen-bond acceptors (Lipinski definition) is 2. The van der Waals surface area contributed by atoms with E-state index in [0.29, 0.717) is 0 Å². The van der Waals surface area contributed by atoms with Crippen molar-refractivity contribution in [3.63, 3.8) is 0 Å². The third-order valence-corrected chi connectivity index (χ3v) is 3.29. The van der Waals surface area contributed by atoms with E-state index in [1.807, 2.05) is 0 Å². The molecule has 0 bridgehead atoms. The average molecular weight is 299 g/mol. The van der Waals surface area contributed by atoms with Gasteiger partial charge in [0.1, 0.15) is 0 Å². The van der Waals surface area contributed by atoms with Crippen LogP contribution in [0.2, 0.25) is 0 Å². The minimum absolute atomic E-state index is 0.198. The van der Waals surface area contributed by atoms with Gasteiger partial charge in [-0.15, -0.1) is 0 Å².